The molecule has 0 spiro atoms. The normalized spacial score (nSPS) is 10.1. The zero-order valence-corrected chi connectivity index (χ0v) is 10.5. The molecule has 2 aromatic rings. The van der Waals surface area contributed by atoms with Crippen molar-refractivity contribution in [2.24, 2.45) is 0 Å². The highest BCUT2D eigenvalue weighted by molar-refractivity contribution is 6.41. The Morgan fingerprint density at radius 2 is 2.00 bits per heavy atom. The Balaban J connectivity index is 2.22. The summed E-state index contributed by atoms with van der Waals surface area (Å²) in [6.45, 7) is 0. The van der Waals surface area contributed by atoms with Crippen molar-refractivity contribution in [2.75, 3.05) is 5.32 Å². The Hall–Kier alpha value is -1.78. The molecule has 0 bridgehead atoms. The summed E-state index contributed by atoms with van der Waals surface area (Å²) in [6.07, 6.45) is 1.31. The molecule has 2 N–H and O–H groups in total. The van der Waals surface area contributed by atoms with Gasteiger partial charge in [-0.25, -0.2) is 4.98 Å². The second kappa shape index (κ2) is 5.25. The lowest BCUT2D eigenvalue weighted by Crippen LogP contribution is -2.12. The molecule has 0 saturated carbocycles. The number of halogens is 2. The number of phenols is 1. The van der Waals surface area contributed by atoms with Crippen LogP contribution in [0.5, 0.6) is 5.75 Å². The van der Waals surface area contributed by atoms with Crippen LogP contribution in [0.3, 0.4) is 0 Å². The lowest BCUT2D eigenvalue weighted by atomic mass is 10.2. The molecule has 0 aliphatic heterocycles. The fraction of sp³-hybridized carbons (Fsp3) is 0. The van der Waals surface area contributed by atoms with Crippen LogP contribution in [-0.2, 0) is 0 Å². The zero-order valence-electron chi connectivity index (χ0n) is 9.02. The van der Waals surface area contributed by atoms with Gasteiger partial charge in [0.25, 0.3) is 5.91 Å². The smallest absolute Gasteiger partial charge is 0.257 e. The first-order valence-electron chi connectivity index (χ1n) is 4.98. The molecule has 0 aliphatic rings. The van der Waals surface area contributed by atoms with E-state index in [1.165, 1.54) is 18.3 Å². The highest BCUT2D eigenvalue weighted by atomic mass is 35.5. The van der Waals surface area contributed by atoms with Crippen molar-refractivity contribution in [1.82, 2.24) is 4.98 Å². The average molecular weight is 283 g/mol. The number of carbonyl (C=O) groups excluding carboxylic acids is 1. The van der Waals surface area contributed by atoms with Gasteiger partial charge in [0.15, 0.2) is 0 Å². The van der Waals surface area contributed by atoms with Crippen LogP contribution in [0.15, 0.2) is 36.5 Å². The molecule has 1 amide bonds. The summed E-state index contributed by atoms with van der Waals surface area (Å²) in [4.78, 5) is 15.6. The van der Waals surface area contributed by atoms with Crippen molar-refractivity contribution in [1.29, 1.82) is 0 Å². The quantitative estimate of drug-likeness (QED) is 0.656. The maximum Gasteiger partial charge on any atom is 0.257 e. The summed E-state index contributed by atoms with van der Waals surface area (Å²) in [5.41, 5.74) is 0.571. The van der Waals surface area contributed by atoms with Crippen molar-refractivity contribution >= 4 is 34.8 Å². The Kier molecular flexibility index (Phi) is 3.69. The predicted molar refractivity (Wildman–Crippen MR) is 70.3 cm³/mol. The van der Waals surface area contributed by atoms with Crippen molar-refractivity contribution in [3.63, 3.8) is 0 Å². The van der Waals surface area contributed by atoms with E-state index in [1.54, 1.807) is 18.2 Å². The summed E-state index contributed by atoms with van der Waals surface area (Å²) in [5, 5.41) is 12.4. The van der Waals surface area contributed by atoms with Crippen LogP contribution in [0.1, 0.15) is 10.4 Å². The SMILES string of the molecule is O=C(Nc1ccccc1O)c1cnc(Cl)c(Cl)c1. The van der Waals surface area contributed by atoms with Crippen LogP contribution in [0, 0.1) is 0 Å². The van der Waals surface area contributed by atoms with Crippen molar-refractivity contribution in [3.8, 4) is 5.75 Å². The number of aromatic hydroxyl groups is 1. The monoisotopic (exact) mass is 282 g/mol. The third-order valence-corrected chi connectivity index (χ3v) is 2.90. The van der Waals surface area contributed by atoms with Gasteiger partial charge in [-0.05, 0) is 18.2 Å². The fourth-order valence-electron chi connectivity index (χ4n) is 1.32. The lowest BCUT2D eigenvalue weighted by Gasteiger charge is -2.07. The van der Waals surface area contributed by atoms with Crippen LogP contribution in [-0.4, -0.2) is 16.0 Å². The van der Waals surface area contributed by atoms with Gasteiger partial charge in [0, 0.05) is 6.20 Å². The van der Waals surface area contributed by atoms with Crippen LogP contribution < -0.4 is 5.32 Å². The van der Waals surface area contributed by atoms with E-state index in [2.05, 4.69) is 10.3 Å². The van der Waals surface area contributed by atoms with Crippen LogP contribution in [0.2, 0.25) is 10.2 Å². The number of para-hydroxylation sites is 2. The molecular formula is C12H8Cl2N2O2. The first-order chi connectivity index (χ1) is 8.58. The standard InChI is InChI=1S/C12H8Cl2N2O2/c13-8-5-7(6-15-11(8)14)12(18)16-9-3-1-2-4-10(9)17/h1-6,17H,(H,16,18). The molecule has 92 valence electrons. The zero-order chi connectivity index (χ0) is 13.1. The molecule has 1 aromatic carbocycles. The van der Waals surface area contributed by atoms with E-state index in [0.29, 0.717) is 5.69 Å². The Morgan fingerprint density at radius 3 is 2.67 bits per heavy atom. The number of nitrogens with one attached hydrogen (secondary N) is 1. The van der Waals surface area contributed by atoms with Gasteiger partial charge in [-0.3, -0.25) is 4.79 Å². The number of rotatable bonds is 2. The average Bonchev–Trinajstić information content (AvgIpc) is 2.35. The number of amides is 1. The van der Waals surface area contributed by atoms with E-state index >= 15 is 0 Å². The van der Waals surface area contributed by atoms with Crippen LogP contribution in [0.4, 0.5) is 5.69 Å². The number of nitrogens with zero attached hydrogens (tertiary/aromatic N) is 1. The molecule has 18 heavy (non-hydrogen) atoms. The second-order valence-corrected chi connectivity index (χ2v) is 4.23. The highest BCUT2D eigenvalue weighted by Gasteiger charge is 2.10. The number of phenolic OH excluding ortho intramolecular Hbond substituents is 1. The van der Waals surface area contributed by atoms with E-state index in [-0.39, 0.29) is 21.5 Å². The van der Waals surface area contributed by atoms with Gasteiger partial charge in [0.1, 0.15) is 10.9 Å². The number of benzene rings is 1. The minimum atomic E-state index is -0.428. The Labute approximate surface area is 113 Å². The molecular weight excluding hydrogens is 275 g/mol. The molecule has 0 atom stereocenters. The van der Waals surface area contributed by atoms with Crippen LogP contribution in [0.25, 0.3) is 0 Å². The first-order valence-corrected chi connectivity index (χ1v) is 5.74. The molecule has 0 unspecified atom stereocenters. The van der Waals surface area contributed by atoms with Gasteiger partial charge in [-0.1, -0.05) is 35.3 Å². The van der Waals surface area contributed by atoms with E-state index in [9.17, 15) is 9.90 Å². The number of anilines is 1. The van der Waals surface area contributed by atoms with Gasteiger partial charge in [0.2, 0.25) is 0 Å². The van der Waals surface area contributed by atoms with Gasteiger partial charge in [-0.15, -0.1) is 0 Å². The van der Waals surface area contributed by atoms with Gasteiger partial charge < -0.3 is 10.4 Å². The lowest BCUT2D eigenvalue weighted by molar-refractivity contribution is 0.102. The molecule has 0 radical (unpaired) electrons. The van der Waals surface area contributed by atoms with E-state index in [0.717, 1.165) is 0 Å². The molecule has 4 nitrogen and oxygen atoms in total. The molecule has 1 aromatic heterocycles. The van der Waals surface area contributed by atoms with Gasteiger partial charge >= 0.3 is 0 Å². The number of pyridine rings is 1. The summed E-state index contributed by atoms with van der Waals surface area (Å²) in [7, 11) is 0. The van der Waals surface area contributed by atoms with Crippen molar-refractivity contribution in [2.45, 2.75) is 0 Å². The number of hydrogen-bond donors (Lipinski definition) is 2. The van der Waals surface area contributed by atoms with Gasteiger partial charge in [0.05, 0.1) is 16.3 Å². The third-order valence-electron chi connectivity index (χ3n) is 2.21. The van der Waals surface area contributed by atoms with Gasteiger partial charge in [-0.2, -0.15) is 0 Å². The van der Waals surface area contributed by atoms with E-state index in [4.69, 9.17) is 23.2 Å². The largest absolute Gasteiger partial charge is 0.506 e. The Bertz CT molecular complexity index is 602. The summed E-state index contributed by atoms with van der Waals surface area (Å²) in [5.74, 6) is -0.443. The van der Waals surface area contributed by atoms with E-state index < -0.39 is 5.91 Å². The number of aromatic nitrogens is 1. The minimum absolute atomic E-state index is 0.0149. The predicted octanol–water partition coefficient (Wildman–Crippen LogP) is 3.35. The molecule has 1 heterocycles. The minimum Gasteiger partial charge on any atom is -0.506 e. The third kappa shape index (κ3) is 2.72. The van der Waals surface area contributed by atoms with Crippen molar-refractivity contribution < 1.29 is 9.90 Å². The first kappa shape index (κ1) is 12.7. The molecule has 0 saturated heterocycles. The maximum absolute atomic E-state index is 11.9. The molecule has 6 heteroatoms. The maximum atomic E-state index is 11.9. The highest BCUT2D eigenvalue weighted by Crippen LogP contribution is 2.23. The summed E-state index contributed by atoms with van der Waals surface area (Å²) in [6, 6.07) is 7.82. The number of hydrogen-bond acceptors (Lipinski definition) is 3. The van der Waals surface area contributed by atoms with Crippen LogP contribution >= 0.6 is 23.2 Å². The summed E-state index contributed by atoms with van der Waals surface area (Å²) < 4.78 is 0. The summed E-state index contributed by atoms with van der Waals surface area (Å²) >= 11 is 11.4. The van der Waals surface area contributed by atoms with E-state index in [1.807, 2.05) is 0 Å². The Morgan fingerprint density at radius 1 is 1.28 bits per heavy atom. The second-order valence-electron chi connectivity index (χ2n) is 3.47. The molecule has 0 aliphatic carbocycles. The van der Waals surface area contributed by atoms with Crippen molar-refractivity contribution in [3.05, 3.63) is 52.3 Å². The topological polar surface area (TPSA) is 62.2 Å². The number of carbonyl (C=O) groups is 1. The molecule has 0 fully saturated rings. The fourth-order valence-corrected chi connectivity index (χ4v) is 1.59. The molecule has 2 rings (SSSR count).